The van der Waals surface area contributed by atoms with Crippen LogP contribution in [-0.4, -0.2) is 12.9 Å². The monoisotopic (exact) mass is 254 g/mol. The van der Waals surface area contributed by atoms with Crippen molar-refractivity contribution in [2.45, 2.75) is 0 Å². The van der Waals surface area contributed by atoms with Crippen molar-refractivity contribution in [3.05, 3.63) is 52.7 Å². The molecule has 0 aliphatic rings. The predicted octanol–water partition coefficient (Wildman–Crippen LogP) is 3.31. The largest absolute Gasteiger partial charge is 0.497 e. The number of hydrogen-bond donors (Lipinski definition) is 0. The molecule has 0 atom stereocenters. The molecule has 0 saturated heterocycles. The quantitative estimate of drug-likeness (QED) is 0.789. The van der Waals surface area contributed by atoms with Crippen LogP contribution in [0.15, 0.2) is 34.9 Å². The lowest BCUT2D eigenvalue weighted by Gasteiger charge is -2.03. The van der Waals surface area contributed by atoms with Gasteiger partial charge in [-0.3, -0.25) is 4.79 Å². The van der Waals surface area contributed by atoms with Gasteiger partial charge >= 0.3 is 0 Å². The highest BCUT2D eigenvalue weighted by Gasteiger charge is 2.19. The van der Waals surface area contributed by atoms with Crippen molar-refractivity contribution in [2.75, 3.05) is 7.11 Å². The lowest BCUT2D eigenvalue weighted by molar-refractivity contribution is 0.103. The zero-order chi connectivity index (χ0) is 12.4. The van der Waals surface area contributed by atoms with Gasteiger partial charge in [-0.15, -0.1) is 0 Å². The summed E-state index contributed by atoms with van der Waals surface area (Å²) in [7, 11) is 1.42. The van der Waals surface area contributed by atoms with Crippen LogP contribution in [0.5, 0.6) is 5.75 Å². The number of rotatable bonds is 3. The molecule has 88 valence electrons. The highest BCUT2D eigenvalue weighted by Crippen LogP contribution is 2.23. The van der Waals surface area contributed by atoms with Gasteiger partial charge in [-0.25, -0.2) is 4.39 Å². The first-order valence-corrected chi connectivity index (χ1v) is 5.12. The molecule has 0 N–H and O–H groups in total. The van der Waals surface area contributed by atoms with E-state index in [2.05, 4.69) is 0 Å². The number of carbonyl (C=O) groups excluding carboxylic acids is 1. The zero-order valence-corrected chi connectivity index (χ0v) is 9.62. The molecule has 0 amide bonds. The van der Waals surface area contributed by atoms with E-state index in [9.17, 15) is 9.18 Å². The normalized spacial score (nSPS) is 10.3. The fourth-order valence-corrected chi connectivity index (χ4v) is 1.61. The number of furan rings is 1. The fraction of sp³-hybridized carbons (Fsp3) is 0.0833. The molecule has 2 rings (SSSR count). The number of halogens is 2. The van der Waals surface area contributed by atoms with Crippen LogP contribution in [-0.2, 0) is 0 Å². The van der Waals surface area contributed by atoms with Gasteiger partial charge in [0.2, 0.25) is 11.0 Å². The lowest BCUT2D eigenvalue weighted by atomic mass is 10.1. The summed E-state index contributed by atoms with van der Waals surface area (Å²) in [4.78, 5) is 11.9. The van der Waals surface area contributed by atoms with E-state index in [0.717, 1.165) is 6.07 Å². The molecule has 0 unspecified atom stereocenters. The summed E-state index contributed by atoms with van der Waals surface area (Å²) in [5, 5.41) is -0.0507. The summed E-state index contributed by atoms with van der Waals surface area (Å²) in [6.07, 6.45) is 1.27. The second-order valence-electron chi connectivity index (χ2n) is 3.28. The molecule has 1 aromatic heterocycles. The van der Waals surface area contributed by atoms with Crippen LogP contribution in [0.1, 0.15) is 15.9 Å². The van der Waals surface area contributed by atoms with E-state index in [1.165, 1.54) is 31.6 Å². The summed E-state index contributed by atoms with van der Waals surface area (Å²) >= 11 is 5.66. The van der Waals surface area contributed by atoms with Gasteiger partial charge in [0.15, 0.2) is 0 Å². The number of ketones is 1. The number of benzene rings is 1. The minimum absolute atomic E-state index is 0.0507. The molecule has 0 radical (unpaired) electrons. The van der Waals surface area contributed by atoms with Gasteiger partial charge in [-0.1, -0.05) is 0 Å². The summed E-state index contributed by atoms with van der Waals surface area (Å²) in [6, 6.07) is 5.39. The molecule has 0 bridgehead atoms. The Hall–Kier alpha value is -1.81. The molecular formula is C12H8ClFO3. The van der Waals surface area contributed by atoms with Crippen molar-refractivity contribution in [1.29, 1.82) is 0 Å². The minimum atomic E-state index is -0.661. The van der Waals surface area contributed by atoms with Crippen molar-refractivity contribution in [3.63, 3.8) is 0 Å². The van der Waals surface area contributed by atoms with Gasteiger partial charge in [0.1, 0.15) is 11.6 Å². The summed E-state index contributed by atoms with van der Waals surface area (Å²) in [5.74, 6) is -0.840. The fourth-order valence-electron chi connectivity index (χ4n) is 1.41. The van der Waals surface area contributed by atoms with Crippen LogP contribution in [0, 0.1) is 5.82 Å². The van der Waals surface area contributed by atoms with E-state index in [0.29, 0.717) is 5.75 Å². The predicted molar refractivity (Wildman–Crippen MR) is 60.1 cm³/mol. The number of ether oxygens (including phenoxy) is 1. The Morgan fingerprint density at radius 1 is 1.35 bits per heavy atom. The standard InChI is InChI=1S/C12H8ClFO3/c1-16-7-2-3-8(10(14)6-7)11(15)9-4-5-17-12(9)13/h2-6H,1H3. The average molecular weight is 255 g/mol. The summed E-state index contributed by atoms with van der Waals surface area (Å²) in [6.45, 7) is 0. The van der Waals surface area contributed by atoms with Crippen LogP contribution in [0.2, 0.25) is 5.22 Å². The Morgan fingerprint density at radius 2 is 2.12 bits per heavy atom. The molecule has 0 fully saturated rings. The Balaban J connectivity index is 2.41. The van der Waals surface area contributed by atoms with Crippen molar-refractivity contribution in [3.8, 4) is 5.75 Å². The van der Waals surface area contributed by atoms with Gasteiger partial charge in [0.25, 0.3) is 0 Å². The Bertz CT molecular complexity index is 563. The third-order valence-corrected chi connectivity index (χ3v) is 2.58. The van der Waals surface area contributed by atoms with Gasteiger partial charge < -0.3 is 9.15 Å². The molecule has 1 aromatic carbocycles. The Morgan fingerprint density at radius 3 is 2.65 bits per heavy atom. The van der Waals surface area contributed by atoms with Gasteiger partial charge in [-0.2, -0.15) is 0 Å². The first-order chi connectivity index (χ1) is 8.13. The topological polar surface area (TPSA) is 39.4 Å². The van der Waals surface area contributed by atoms with E-state index in [-0.39, 0.29) is 16.3 Å². The number of hydrogen-bond acceptors (Lipinski definition) is 3. The Labute approximate surface area is 102 Å². The first kappa shape index (κ1) is 11.7. The second-order valence-corrected chi connectivity index (χ2v) is 3.63. The molecule has 3 nitrogen and oxygen atoms in total. The highest BCUT2D eigenvalue weighted by atomic mass is 35.5. The van der Waals surface area contributed by atoms with Crippen LogP contribution >= 0.6 is 11.6 Å². The van der Waals surface area contributed by atoms with Crippen LogP contribution in [0.25, 0.3) is 0 Å². The molecular weight excluding hydrogens is 247 g/mol. The summed E-state index contributed by atoms with van der Waals surface area (Å²) in [5.41, 5.74) is 0.0600. The van der Waals surface area contributed by atoms with Crippen molar-refractivity contribution < 1.29 is 18.3 Å². The van der Waals surface area contributed by atoms with Crippen molar-refractivity contribution in [1.82, 2.24) is 0 Å². The summed E-state index contributed by atoms with van der Waals surface area (Å²) < 4.78 is 23.3. The molecule has 17 heavy (non-hydrogen) atoms. The average Bonchev–Trinajstić information content (AvgIpc) is 2.74. The van der Waals surface area contributed by atoms with Crippen LogP contribution < -0.4 is 4.74 Å². The smallest absolute Gasteiger partial charge is 0.204 e. The third kappa shape index (κ3) is 2.17. The van der Waals surface area contributed by atoms with E-state index < -0.39 is 11.6 Å². The second kappa shape index (κ2) is 4.59. The minimum Gasteiger partial charge on any atom is -0.497 e. The third-order valence-electron chi connectivity index (χ3n) is 2.28. The SMILES string of the molecule is COc1ccc(C(=O)c2ccoc2Cl)c(F)c1. The molecule has 1 heterocycles. The van der Waals surface area contributed by atoms with Gasteiger partial charge in [0.05, 0.1) is 24.5 Å². The number of carbonyl (C=O) groups is 1. The number of methoxy groups -OCH3 is 1. The van der Waals surface area contributed by atoms with E-state index >= 15 is 0 Å². The van der Waals surface area contributed by atoms with Crippen molar-refractivity contribution in [2.24, 2.45) is 0 Å². The van der Waals surface area contributed by atoms with Crippen LogP contribution in [0.3, 0.4) is 0 Å². The molecule has 0 saturated carbocycles. The molecule has 0 aliphatic heterocycles. The van der Waals surface area contributed by atoms with Gasteiger partial charge in [-0.05, 0) is 29.8 Å². The maximum absolute atomic E-state index is 13.6. The van der Waals surface area contributed by atoms with Crippen molar-refractivity contribution >= 4 is 17.4 Å². The van der Waals surface area contributed by atoms with Crippen LogP contribution in [0.4, 0.5) is 4.39 Å². The van der Waals surface area contributed by atoms with E-state index in [4.69, 9.17) is 20.8 Å². The maximum Gasteiger partial charge on any atom is 0.204 e. The van der Waals surface area contributed by atoms with Gasteiger partial charge in [0, 0.05) is 6.07 Å². The molecule has 0 aliphatic carbocycles. The first-order valence-electron chi connectivity index (χ1n) is 4.74. The molecule has 0 spiro atoms. The maximum atomic E-state index is 13.6. The molecule has 5 heteroatoms. The lowest BCUT2D eigenvalue weighted by Crippen LogP contribution is -2.03. The molecule has 2 aromatic rings. The Kier molecular flexibility index (Phi) is 3.15. The van der Waals surface area contributed by atoms with E-state index in [1.54, 1.807) is 0 Å². The highest BCUT2D eigenvalue weighted by molar-refractivity contribution is 6.33. The van der Waals surface area contributed by atoms with E-state index in [1.807, 2.05) is 0 Å². The zero-order valence-electron chi connectivity index (χ0n) is 8.87.